The topological polar surface area (TPSA) is 113 Å². The van der Waals surface area contributed by atoms with Crippen LogP contribution in [0.3, 0.4) is 0 Å². The first-order valence-corrected chi connectivity index (χ1v) is 9.12. The molecule has 148 valence electrons. The minimum Gasteiger partial charge on any atom is -0.348 e. The number of carbonyl (C=O) groups excluding carboxylic acids is 1. The molecule has 0 aromatic carbocycles. The summed E-state index contributed by atoms with van der Waals surface area (Å²) in [5.41, 5.74) is 1.21. The maximum atomic E-state index is 12.9. The molecule has 0 saturated heterocycles. The Morgan fingerprint density at radius 3 is 2.75 bits per heavy atom. The highest BCUT2D eigenvalue weighted by atomic mass is 19.3. The molecule has 1 fully saturated rings. The molecule has 3 aromatic rings. The molecule has 1 amide bonds. The quantitative estimate of drug-likeness (QED) is 0.587. The average Bonchev–Trinajstić information content (AvgIpc) is 3.38. The van der Waals surface area contributed by atoms with Crippen LogP contribution in [0.5, 0.6) is 0 Å². The second kappa shape index (κ2) is 7.97. The number of halogens is 2. The fraction of sp³-hybridized carbons (Fsp3) is 0.471. The maximum absolute atomic E-state index is 12.9. The highest BCUT2D eigenvalue weighted by molar-refractivity contribution is 6.02. The van der Waals surface area contributed by atoms with Gasteiger partial charge >= 0.3 is 0 Å². The second-order valence-corrected chi connectivity index (χ2v) is 6.79. The first kappa shape index (κ1) is 18.4. The van der Waals surface area contributed by atoms with Crippen LogP contribution in [0, 0.1) is 0 Å². The lowest BCUT2D eigenvalue weighted by atomic mass is 9.91. The molecule has 0 spiro atoms. The largest absolute Gasteiger partial charge is 0.348 e. The van der Waals surface area contributed by atoms with E-state index in [-0.39, 0.29) is 30.2 Å². The minimum atomic E-state index is -2.35. The summed E-state index contributed by atoms with van der Waals surface area (Å²) in [6.07, 6.45) is 6.94. The van der Waals surface area contributed by atoms with Crippen molar-refractivity contribution in [1.29, 1.82) is 0 Å². The third-order valence-corrected chi connectivity index (χ3v) is 4.86. The van der Waals surface area contributed by atoms with E-state index >= 15 is 0 Å². The highest BCUT2D eigenvalue weighted by Gasteiger charge is 2.25. The Bertz CT molecular complexity index is 934. The van der Waals surface area contributed by atoms with E-state index in [0.29, 0.717) is 17.0 Å². The number of aromatic nitrogens is 6. The molecule has 9 nitrogen and oxygen atoms in total. The van der Waals surface area contributed by atoms with Crippen LogP contribution < -0.4 is 10.6 Å². The van der Waals surface area contributed by atoms with Gasteiger partial charge in [-0.1, -0.05) is 0 Å². The van der Waals surface area contributed by atoms with Crippen molar-refractivity contribution < 1.29 is 13.6 Å². The highest BCUT2D eigenvalue weighted by Crippen LogP contribution is 2.20. The number of fused-ring (bicyclic) bond motifs is 1. The summed E-state index contributed by atoms with van der Waals surface area (Å²) >= 11 is 0. The van der Waals surface area contributed by atoms with Gasteiger partial charge in [-0.25, -0.2) is 23.7 Å². The fourth-order valence-corrected chi connectivity index (χ4v) is 3.44. The molecule has 1 aliphatic carbocycles. The Morgan fingerprint density at radius 1 is 1.25 bits per heavy atom. The molecule has 28 heavy (non-hydrogen) atoms. The number of rotatable bonds is 6. The lowest BCUT2D eigenvalue weighted by Crippen LogP contribution is -2.43. The summed E-state index contributed by atoms with van der Waals surface area (Å²) in [4.78, 5) is 25.6. The Morgan fingerprint density at radius 2 is 2.04 bits per heavy atom. The average molecular weight is 390 g/mol. The molecule has 4 rings (SSSR count). The number of H-pyrrole nitrogens is 1. The van der Waals surface area contributed by atoms with Crippen molar-refractivity contribution in [3.05, 3.63) is 30.6 Å². The maximum Gasteiger partial charge on any atom is 0.272 e. The van der Waals surface area contributed by atoms with Gasteiger partial charge in [-0.15, -0.1) is 0 Å². The number of nitrogens with zero attached hydrogens (tertiary/aromatic N) is 5. The molecular formula is C17H20F2N8O. The van der Waals surface area contributed by atoms with Crippen LogP contribution >= 0.6 is 0 Å². The number of hydrogen-bond donors (Lipinski definition) is 3. The molecule has 0 unspecified atom stereocenters. The molecule has 3 N–H and O–H groups in total. The Kier molecular flexibility index (Phi) is 5.24. The number of amides is 1. The van der Waals surface area contributed by atoms with E-state index in [0.717, 1.165) is 25.7 Å². The molecule has 0 aliphatic heterocycles. The van der Waals surface area contributed by atoms with Gasteiger partial charge in [0.25, 0.3) is 12.3 Å². The molecule has 1 saturated carbocycles. The summed E-state index contributed by atoms with van der Waals surface area (Å²) in [5.74, 6) is 0.0125. The second-order valence-electron chi connectivity index (χ2n) is 6.79. The molecule has 11 heteroatoms. The Hall–Kier alpha value is -2.95. The first-order valence-electron chi connectivity index (χ1n) is 9.12. The molecule has 0 atom stereocenters. The van der Waals surface area contributed by atoms with Crippen LogP contribution in [0.2, 0.25) is 0 Å². The van der Waals surface area contributed by atoms with Crippen molar-refractivity contribution in [3.63, 3.8) is 0 Å². The zero-order chi connectivity index (χ0) is 19.5. The van der Waals surface area contributed by atoms with Gasteiger partial charge in [-0.2, -0.15) is 5.10 Å². The molecule has 1 aliphatic rings. The molecule has 0 bridgehead atoms. The monoisotopic (exact) mass is 390 g/mol. The van der Waals surface area contributed by atoms with Gasteiger partial charge in [-0.05, 0) is 25.7 Å². The van der Waals surface area contributed by atoms with Crippen molar-refractivity contribution in [1.82, 2.24) is 40.3 Å². The van der Waals surface area contributed by atoms with Crippen LogP contribution in [-0.2, 0) is 0 Å². The zero-order valence-electron chi connectivity index (χ0n) is 15.0. The summed E-state index contributed by atoms with van der Waals surface area (Å²) < 4.78 is 26.2. The number of hydrogen-bond acceptors (Lipinski definition) is 6. The minimum absolute atomic E-state index is 0.0262. The van der Waals surface area contributed by atoms with Crippen molar-refractivity contribution >= 4 is 16.9 Å². The van der Waals surface area contributed by atoms with Crippen LogP contribution in [0.1, 0.15) is 36.2 Å². The predicted molar refractivity (Wildman–Crippen MR) is 96.3 cm³/mol. The van der Waals surface area contributed by atoms with Crippen molar-refractivity contribution in [2.75, 3.05) is 6.54 Å². The predicted octanol–water partition coefficient (Wildman–Crippen LogP) is 1.43. The number of nitrogens with one attached hydrogen (secondary N) is 3. The lowest BCUT2D eigenvalue weighted by Gasteiger charge is -2.29. The van der Waals surface area contributed by atoms with E-state index in [9.17, 15) is 13.6 Å². The third kappa shape index (κ3) is 3.98. The summed E-state index contributed by atoms with van der Waals surface area (Å²) in [5, 5.41) is 12.6. The molecule has 3 heterocycles. The van der Waals surface area contributed by atoms with E-state index in [1.54, 1.807) is 23.3 Å². The van der Waals surface area contributed by atoms with E-state index in [4.69, 9.17) is 0 Å². The number of carbonyl (C=O) groups is 1. The van der Waals surface area contributed by atoms with Crippen molar-refractivity contribution in [2.24, 2.45) is 0 Å². The van der Waals surface area contributed by atoms with Gasteiger partial charge in [0.2, 0.25) is 5.95 Å². The Labute approximate surface area is 159 Å². The zero-order valence-corrected chi connectivity index (χ0v) is 15.0. The number of imidazole rings is 1. The van der Waals surface area contributed by atoms with E-state index in [1.165, 1.54) is 6.20 Å². The molecular weight excluding hydrogens is 370 g/mol. The van der Waals surface area contributed by atoms with Crippen molar-refractivity contribution in [2.45, 2.75) is 44.2 Å². The normalized spacial score (nSPS) is 20.0. The summed E-state index contributed by atoms with van der Waals surface area (Å²) in [6.45, 7) is -0.294. The number of alkyl halides is 2. The smallest absolute Gasteiger partial charge is 0.272 e. The van der Waals surface area contributed by atoms with Crippen molar-refractivity contribution in [3.8, 4) is 5.95 Å². The van der Waals surface area contributed by atoms with Crippen LogP contribution in [-0.4, -0.2) is 60.7 Å². The van der Waals surface area contributed by atoms with Crippen LogP contribution in [0.15, 0.2) is 24.9 Å². The Balaban J connectivity index is 1.45. The van der Waals surface area contributed by atoms with Crippen LogP contribution in [0.4, 0.5) is 8.78 Å². The summed E-state index contributed by atoms with van der Waals surface area (Å²) in [7, 11) is 0. The van der Waals surface area contributed by atoms with E-state index in [2.05, 4.69) is 35.8 Å². The van der Waals surface area contributed by atoms with E-state index in [1.807, 2.05) is 0 Å². The molecule has 3 aromatic heterocycles. The van der Waals surface area contributed by atoms with Gasteiger partial charge in [0.15, 0.2) is 5.69 Å². The number of aromatic amines is 1. The van der Waals surface area contributed by atoms with Gasteiger partial charge in [-0.3, -0.25) is 14.5 Å². The standard InChI is InChI=1S/C17H20F2N8O/c18-13(19)8-21-10-1-3-11(4-2-10)23-16(28)15-14-12(7-22-26-14)24-17(25-15)27-6-5-20-9-27/h5-7,9-11,13,21H,1-4,8H2,(H,22,26)(H,23,28)/t10-,11-. The molecule has 0 radical (unpaired) electrons. The van der Waals surface area contributed by atoms with Crippen LogP contribution in [0.25, 0.3) is 17.0 Å². The van der Waals surface area contributed by atoms with Gasteiger partial charge in [0, 0.05) is 24.5 Å². The van der Waals surface area contributed by atoms with E-state index < -0.39 is 6.43 Å². The van der Waals surface area contributed by atoms with Gasteiger partial charge < -0.3 is 10.6 Å². The third-order valence-electron chi connectivity index (χ3n) is 4.86. The fourth-order valence-electron chi connectivity index (χ4n) is 3.44. The first-order chi connectivity index (χ1) is 13.6. The lowest BCUT2D eigenvalue weighted by molar-refractivity contribution is 0.0918. The summed E-state index contributed by atoms with van der Waals surface area (Å²) in [6, 6.07) is 0.0371. The van der Waals surface area contributed by atoms with Gasteiger partial charge in [0.05, 0.1) is 12.7 Å². The van der Waals surface area contributed by atoms with Gasteiger partial charge in [0.1, 0.15) is 17.4 Å². The SMILES string of the molecule is O=C(N[C@H]1CC[C@H](NCC(F)F)CC1)c1nc(-n2ccnc2)nc2cn[nH]c12.